The normalized spacial score (nSPS) is 12.2. The van der Waals surface area contributed by atoms with E-state index in [0.717, 1.165) is 0 Å². The molecule has 0 radical (unpaired) electrons. The maximum atomic E-state index is 10.7. The zero-order valence-corrected chi connectivity index (χ0v) is 7.56. The van der Waals surface area contributed by atoms with E-state index in [1.165, 1.54) is 0 Å². The van der Waals surface area contributed by atoms with Gasteiger partial charge in [-0.1, -0.05) is 13.8 Å². The van der Waals surface area contributed by atoms with E-state index in [9.17, 15) is 4.57 Å². The molecular weight excluding hydrogens is 151 g/mol. The van der Waals surface area contributed by atoms with Crippen LogP contribution in [0.15, 0.2) is 0 Å². The van der Waals surface area contributed by atoms with Crippen molar-refractivity contribution in [3.63, 3.8) is 0 Å². The fraction of sp³-hybridized carbons (Fsp3) is 1.00. The van der Waals surface area contributed by atoms with Gasteiger partial charge in [-0.3, -0.25) is 0 Å². The molecule has 0 fully saturated rings. The number of hydrogen-bond acceptors (Lipinski definition) is 3. The van der Waals surface area contributed by atoms with Crippen molar-refractivity contribution >= 4 is 8.25 Å². The van der Waals surface area contributed by atoms with E-state index in [0.29, 0.717) is 19.1 Å². The first-order chi connectivity index (χ1) is 4.66. The van der Waals surface area contributed by atoms with Crippen LogP contribution in [0.2, 0.25) is 0 Å². The first-order valence-electron chi connectivity index (χ1n) is 3.40. The third kappa shape index (κ3) is 6.14. The summed E-state index contributed by atoms with van der Waals surface area (Å²) in [5.41, 5.74) is 0. The summed E-state index contributed by atoms with van der Waals surface area (Å²) in [5.74, 6) is 0.402. The summed E-state index contributed by atoms with van der Waals surface area (Å²) < 4.78 is 20.2. The Morgan fingerprint density at radius 3 is 2.40 bits per heavy atom. The Morgan fingerprint density at radius 2 is 2.00 bits per heavy atom. The molecule has 0 rings (SSSR count). The van der Waals surface area contributed by atoms with Crippen molar-refractivity contribution in [2.24, 2.45) is 5.92 Å². The van der Waals surface area contributed by atoms with Crippen LogP contribution < -0.4 is 0 Å². The molecule has 10 heavy (non-hydrogen) atoms. The smallest absolute Gasteiger partial charge is 0.119 e. The Morgan fingerprint density at radius 1 is 1.40 bits per heavy atom. The van der Waals surface area contributed by atoms with Crippen molar-refractivity contribution in [1.29, 1.82) is 0 Å². The lowest BCUT2D eigenvalue weighted by Crippen LogP contribution is -1.96. The molecule has 0 aliphatic rings. The molecule has 0 saturated carbocycles. The molecule has 0 aliphatic carbocycles. The van der Waals surface area contributed by atoms with Gasteiger partial charge in [0, 0.05) is 4.57 Å². The van der Waals surface area contributed by atoms with Gasteiger partial charge in [0.2, 0.25) is 0 Å². The molecule has 0 bridgehead atoms. The molecule has 0 aliphatic heterocycles. The van der Waals surface area contributed by atoms with Crippen LogP contribution in [0.4, 0.5) is 0 Å². The van der Waals surface area contributed by atoms with Gasteiger partial charge in [-0.05, 0) is 12.8 Å². The molecule has 3 nitrogen and oxygen atoms in total. The molecule has 0 saturated heterocycles. The largest absolute Gasteiger partial charge is 0.697 e. The molecule has 0 heterocycles. The Balaban J connectivity index is 3.22. The molecule has 0 aromatic heterocycles. The minimum Gasteiger partial charge on any atom is -0.119 e. The molecule has 0 aromatic carbocycles. The minimum atomic E-state index is -1.86. The monoisotopic (exact) mass is 165 g/mol. The second-order valence-corrected chi connectivity index (χ2v) is 3.29. The van der Waals surface area contributed by atoms with E-state index < -0.39 is 8.25 Å². The summed E-state index contributed by atoms with van der Waals surface area (Å²) >= 11 is 0. The van der Waals surface area contributed by atoms with Gasteiger partial charge < -0.3 is 0 Å². The molecule has 1 atom stereocenters. The molecule has 4 heteroatoms. The molecule has 0 N–H and O–H groups in total. The summed E-state index contributed by atoms with van der Waals surface area (Å²) in [6.07, 6.45) is 0. The summed E-state index contributed by atoms with van der Waals surface area (Å²) in [5, 5.41) is 0. The topological polar surface area (TPSA) is 35.5 Å². The molecule has 0 amide bonds. The highest BCUT2D eigenvalue weighted by molar-refractivity contribution is 7.33. The Labute approximate surface area is 62.7 Å². The predicted molar refractivity (Wildman–Crippen MR) is 40.0 cm³/mol. The zero-order valence-electron chi connectivity index (χ0n) is 6.66. The predicted octanol–water partition coefficient (Wildman–Crippen LogP) is 2.35. The lowest BCUT2D eigenvalue weighted by Gasteiger charge is -1.93. The maximum absolute atomic E-state index is 10.7. The minimum absolute atomic E-state index is 0.402. The van der Waals surface area contributed by atoms with Crippen molar-refractivity contribution in [3.05, 3.63) is 0 Å². The second kappa shape index (κ2) is 5.78. The van der Waals surface area contributed by atoms with Crippen LogP contribution in [0.1, 0.15) is 20.8 Å². The van der Waals surface area contributed by atoms with Gasteiger partial charge in [0.05, 0.1) is 0 Å². The van der Waals surface area contributed by atoms with Crippen LogP contribution in [-0.4, -0.2) is 13.2 Å². The van der Waals surface area contributed by atoms with E-state index in [1.54, 1.807) is 6.92 Å². The van der Waals surface area contributed by atoms with Crippen molar-refractivity contribution in [1.82, 2.24) is 0 Å². The fourth-order valence-corrected chi connectivity index (χ4v) is 1.06. The third-order valence-electron chi connectivity index (χ3n) is 0.748. The van der Waals surface area contributed by atoms with Crippen LogP contribution in [0.3, 0.4) is 0 Å². The molecule has 60 valence electrons. The lowest BCUT2D eigenvalue weighted by atomic mass is 10.2. The highest BCUT2D eigenvalue weighted by Crippen LogP contribution is 2.23. The average Bonchev–Trinajstić information content (AvgIpc) is 1.85. The fourth-order valence-electron chi connectivity index (χ4n) is 0.353. The van der Waals surface area contributed by atoms with Gasteiger partial charge >= 0.3 is 8.25 Å². The van der Waals surface area contributed by atoms with Gasteiger partial charge in [-0.15, -0.1) is 9.05 Å². The highest BCUT2D eigenvalue weighted by atomic mass is 31.1. The Kier molecular flexibility index (Phi) is 5.79. The van der Waals surface area contributed by atoms with Gasteiger partial charge in [0.1, 0.15) is 13.2 Å². The van der Waals surface area contributed by atoms with E-state index in [2.05, 4.69) is 4.52 Å². The molecular formula is C6H14O3P+. The Hall–Kier alpha value is 0.0200. The first-order valence-corrected chi connectivity index (χ1v) is 4.49. The third-order valence-corrected chi connectivity index (χ3v) is 1.58. The number of hydrogen-bond donors (Lipinski definition) is 0. The van der Waals surface area contributed by atoms with E-state index in [-0.39, 0.29) is 0 Å². The summed E-state index contributed by atoms with van der Waals surface area (Å²) in [6, 6.07) is 0. The van der Waals surface area contributed by atoms with Crippen LogP contribution >= 0.6 is 8.25 Å². The van der Waals surface area contributed by atoms with Gasteiger partial charge in [-0.25, -0.2) is 0 Å². The van der Waals surface area contributed by atoms with Gasteiger partial charge in [0.25, 0.3) is 0 Å². The standard InChI is InChI=1S/C6H14O3P/c1-4-8-10(7)9-5-6(2)3/h6H,4-5H2,1-3H3/q+1. The highest BCUT2D eigenvalue weighted by Gasteiger charge is 2.18. The van der Waals surface area contributed by atoms with Crippen molar-refractivity contribution < 1.29 is 13.6 Å². The quantitative estimate of drug-likeness (QED) is 0.586. The maximum Gasteiger partial charge on any atom is 0.697 e. The summed E-state index contributed by atoms with van der Waals surface area (Å²) in [6.45, 7) is 6.71. The van der Waals surface area contributed by atoms with Crippen molar-refractivity contribution in [3.8, 4) is 0 Å². The van der Waals surface area contributed by atoms with Gasteiger partial charge in [-0.2, -0.15) is 0 Å². The van der Waals surface area contributed by atoms with Crippen molar-refractivity contribution in [2.45, 2.75) is 20.8 Å². The van der Waals surface area contributed by atoms with Gasteiger partial charge in [0.15, 0.2) is 0 Å². The summed E-state index contributed by atoms with van der Waals surface area (Å²) in [7, 11) is -1.86. The van der Waals surface area contributed by atoms with E-state index in [1.807, 2.05) is 13.8 Å². The van der Waals surface area contributed by atoms with E-state index in [4.69, 9.17) is 4.52 Å². The van der Waals surface area contributed by atoms with E-state index >= 15 is 0 Å². The SMILES string of the molecule is CCO[P+](=O)OCC(C)C. The number of rotatable bonds is 5. The first kappa shape index (κ1) is 10.0. The van der Waals surface area contributed by atoms with Crippen LogP contribution in [0.25, 0.3) is 0 Å². The second-order valence-electron chi connectivity index (χ2n) is 2.33. The van der Waals surface area contributed by atoms with Crippen LogP contribution in [0, 0.1) is 5.92 Å². The Bertz CT molecular complexity index is 103. The zero-order chi connectivity index (χ0) is 7.98. The average molecular weight is 165 g/mol. The molecule has 0 aromatic rings. The van der Waals surface area contributed by atoms with Crippen molar-refractivity contribution in [2.75, 3.05) is 13.2 Å². The van der Waals surface area contributed by atoms with Crippen LogP contribution in [-0.2, 0) is 13.6 Å². The lowest BCUT2D eigenvalue weighted by molar-refractivity contribution is 0.213. The van der Waals surface area contributed by atoms with Crippen LogP contribution in [0.5, 0.6) is 0 Å². The summed E-state index contributed by atoms with van der Waals surface area (Å²) in [4.78, 5) is 0. The molecule has 0 spiro atoms. The molecule has 1 unspecified atom stereocenters.